The summed E-state index contributed by atoms with van der Waals surface area (Å²) in [5.41, 5.74) is 2.71. The molecule has 1 nitrogen and oxygen atoms in total. The summed E-state index contributed by atoms with van der Waals surface area (Å²) in [6.07, 6.45) is 0. The van der Waals surface area contributed by atoms with Crippen LogP contribution in [0.3, 0.4) is 0 Å². The first-order chi connectivity index (χ1) is 8.95. The van der Waals surface area contributed by atoms with E-state index >= 15 is 0 Å². The molecule has 0 saturated carbocycles. The Labute approximate surface area is 132 Å². The van der Waals surface area contributed by atoms with Gasteiger partial charge in [-0.05, 0) is 48.4 Å². The molecule has 0 spiro atoms. The van der Waals surface area contributed by atoms with Crippen molar-refractivity contribution in [2.45, 2.75) is 13.5 Å². The van der Waals surface area contributed by atoms with Gasteiger partial charge in [0.1, 0.15) is 0 Å². The molecule has 2 aromatic rings. The fourth-order valence-corrected chi connectivity index (χ4v) is 2.71. The van der Waals surface area contributed by atoms with E-state index in [2.05, 4.69) is 5.32 Å². The average Bonchev–Trinajstić information content (AvgIpc) is 2.31. The maximum absolute atomic E-state index is 6.16. The molecule has 0 aliphatic carbocycles. The van der Waals surface area contributed by atoms with Crippen molar-refractivity contribution in [3.05, 3.63) is 61.5 Å². The smallest absolute Gasteiger partial charge is 0.0641 e. The Bertz CT molecular complexity index is 590. The lowest BCUT2D eigenvalue weighted by atomic mass is 10.2. The summed E-state index contributed by atoms with van der Waals surface area (Å²) in [6.45, 7) is 2.48. The van der Waals surface area contributed by atoms with Gasteiger partial charge in [0.15, 0.2) is 0 Å². The molecule has 2 aromatic carbocycles. The summed E-state index contributed by atoms with van der Waals surface area (Å²) >= 11 is 24.1. The highest BCUT2D eigenvalue weighted by atomic mass is 35.5. The Kier molecular flexibility index (Phi) is 4.86. The number of halogens is 4. The summed E-state index contributed by atoms with van der Waals surface area (Å²) < 4.78 is 0. The van der Waals surface area contributed by atoms with Crippen molar-refractivity contribution >= 4 is 52.1 Å². The summed E-state index contributed by atoms with van der Waals surface area (Å²) in [4.78, 5) is 0. The Hall–Kier alpha value is -0.600. The molecule has 1 N–H and O–H groups in total. The van der Waals surface area contributed by atoms with Crippen molar-refractivity contribution in [2.24, 2.45) is 0 Å². The Morgan fingerprint density at radius 2 is 1.47 bits per heavy atom. The molecule has 19 heavy (non-hydrogen) atoms. The summed E-state index contributed by atoms with van der Waals surface area (Å²) in [5, 5.41) is 5.75. The van der Waals surface area contributed by atoms with Gasteiger partial charge in [-0.3, -0.25) is 0 Å². The minimum Gasteiger partial charge on any atom is -0.380 e. The van der Waals surface area contributed by atoms with Crippen LogP contribution in [-0.4, -0.2) is 0 Å². The van der Waals surface area contributed by atoms with E-state index in [-0.39, 0.29) is 0 Å². The first-order valence-corrected chi connectivity index (χ1v) is 7.11. The lowest BCUT2D eigenvalue weighted by Gasteiger charge is -2.11. The molecule has 0 heterocycles. The second kappa shape index (κ2) is 6.23. The predicted molar refractivity (Wildman–Crippen MR) is 85.0 cm³/mol. The number of aryl methyl sites for hydroxylation is 1. The predicted octanol–water partition coefficient (Wildman–Crippen LogP) is 6.22. The molecule has 2 rings (SSSR count). The largest absolute Gasteiger partial charge is 0.380 e. The van der Waals surface area contributed by atoms with E-state index in [9.17, 15) is 0 Å². The molecular formula is C14H11Cl4N. The van der Waals surface area contributed by atoms with Gasteiger partial charge in [0.05, 0.1) is 10.7 Å². The molecule has 0 atom stereocenters. The van der Waals surface area contributed by atoms with Crippen LogP contribution in [0.15, 0.2) is 30.3 Å². The van der Waals surface area contributed by atoms with Crippen LogP contribution in [-0.2, 0) is 6.54 Å². The zero-order chi connectivity index (χ0) is 14.0. The highest BCUT2D eigenvalue weighted by Gasteiger charge is 2.05. The molecule has 0 aliphatic rings. The van der Waals surface area contributed by atoms with E-state index < -0.39 is 0 Å². The van der Waals surface area contributed by atoms with Crippen LogP contribution in [0.1, 0.15) is 11.1 Å². The molecule has 0 unspecified atom stereocenters. The van der Waals surface area contributed by atoms with Crippen LogP contribution in [0, 0.1) is 6.92 Å². The third kappa shape index (κ3) is 3.93. The Balaban J connectivity index is 2.16. The first-order valence-electron chi connectivity index (χ1n) is 5.60. The van der Waals surface area contributed by atoms with Crippen LogP contribution >= 0.6 is 46.4 Å². The van der Waals surface area contributed by atoms with Gasteiger partial charge >= 0.3 is 0 Å². The monoisotopic (exact) mass is 333 g/mol. The topological polar surface area (TPSA) is 12.0 Å². The Morgan fingerprint density at radius 3 is 2.11 bits per heavy atom. The third-order valence-corrected chi connectivity index (χ3v) is 3.81. The molecule has 100 valence electrons. The maximum atomic E-state index is 6.16. The molecule has 0 aromatic heterocycles. The normalized spacial score (nSPS) is 10.6. The van der Waals surface area contributed by atoms with Gasteiger partial charge in [0, 0.05) is 21.6 Å². The average molecular weight is 335 g/mol. The molecule has 5 heteroatoms. The third-order valence-electron chi connectivity index (χ3n) is 2.65. The number of benzene rings is 2. The van der Waals surface area contributed by atoms with E-state index in [4.69, 9.17) is 46.4 Å². The standard InChI is InChI=1S/C14H11Cl4N/c1-8-2-13(18)14(6-12(8)17)19-7-9-3-10(15)5-11(16)4-9/h2-6,19H,7H2,1H3. The fraction of sp³-hybridized carbons (Fsp3) is 0.143. The van der Waals surface area contributed by atoms with Crippen LogP contribution in [0.4, 0.5) is 5.69 Å². The molecule has 0 radical (unpaired) electrons. The van der Waals surface area contributed by atoms with Gasteiger partial charge in [0.2, 0.25) is 0 Å². The van der Waals surface area contributed by atoms with E-state index in [1.165, 1.54) is 0 Å². The summed E-state index contributed by atoms with van der Waals surface area (Å²) in [6, 6.07) is 9.04. The van der Waals surface area contributed by atoms with Gasteiger partial charge in [-0.1, -0.05) is 46.4 Å². The zero-order valence-corrected chi connectivity index (χ0v) is 13.1. The van der Waals surface area contributed by atoms with E-state index in [1.807, 2.05) is 31.2 Å². The van der Waals surface area contributed by atoms with Gasteiger partial charge in [-0.25, -0.2) is 0 Å². The second-order valence-corrected chi connectivity index (χ2v) is 5.90. The lowest BCUT2D eigenvalue weighted by Crippen LogP contribution is -2.00. The summed E-state index contributed by atoms with van der Waals surface area (Å²) in [7, 11) is 0. The van der Waals surface area contributed by atoms with Gasteiger partial charge in [0.25, 0.3) is 0 Å². The number of rotatable bonds is 3. The number of nitrogens with one attached hydrogen (secondary N) is 1. The number of hydrogen-bond acceptors (Lipinski definition) is 1. The maximum Gasteiger partial charge on any atom is 0.0641 e. The van der Waals surface area contributed by atoms with E-state index in [1.54, 1.807) is 6.07 Å². The lowest BCUT2D eigenvalue weighted by molar-refractivity contribution is 1.15. The Morgan fingerprint density at radius 1 is 0.842 bits per heavy atom. The van der Waals surface area contributed by atoms with Crippen LogP contribution in [0.5, 0.6) is 0 Å². The van der Waals surface area contributed by atoms with Crippen molar-refractivity contribution in [2.75, 3.05) is 5.32 Å². The molecule has 0 amide bonds. The van der Waals surface area contributed by atoms with Crippen LogP contribution in [0.25, 0.3) is 0 Å². The highest BCUT2D eigenvalue weighted by molar-refractivity contribution is 6.36. The summed E-state index contributed by atoms with van der Waals surface area (Å²) in [5.74, 6) is 0. The van der Waals surface area contributed by atoms with Gasteiger partial charge < -0.3 is 5.32 Å². The molecule has 0 bridgehead atoms. The minimum absolute atomic E-state index is 0.569. The fourth-order valence-electron chi connectivity index (χ4n) is 1.69. The molecular weight excluding hydrogens is 324 g/mol. The van der Waals surface area contributed by atoms with Gasteiger partial charge in [-0.15, -0.1) is 0 Å². The minimum atomic E-state index is 0.569. The van der Waals surface area contributed by atoms with Crippen molar-refractivity contribution in [1.82, 2.24) is 0 Å². The first kappa shape index (κ1) is 14.8. The van der Waals surface area contributed by atoms with Crippen LogP contribution < -0.4 is 5.32 Å². The zero-order valence-electron chi connectivity index (χ0n) is 10.1. The molecule has 0 saturated heterocycles. The SMILES string of the molecule is Cc1cc(Cl)c(NCc2cc(Cl)cc(Cl)c2)cc1Cl. The van der Waals surface area contributed by atoms with E-state index in [0.29, 0.717) is 26.6 Å². The second-order valence-electron chi connectivity index (χ2n) is 4.21. The van der Waals surface area contributed by atoms with Crippen molar-refractivity contribution in [3.8, 4) is 0 Å². The van der Waals surface area contributed by atoms with E-state index in [0.717, 1.165) is 16.8 Å². The van der Waals surface area contributed by atoms with Gasteiger partial charge in [-0.2, -0.15) is 0 Å². The van der Waals surface area contributed by atoms with Crippen molar-refractivity contribution in [3.63, 3.8) is 0 Å². The van der Waals surface area contributed by atoms with Crippen molar-refractivity contribution in [1.29, 1.82) is 0 Å². The number of hydrogen-bond donors (Lipinski definition) is 1. The van der Waals surface area contributed by atoms with Crippen molar-refractivity contribution < 1.29 is 0 Å². The molecule has 0 aliphatic heterocycles. The number of anilines is 1. The highest BCUT2D eigenvalue weighted by Crippen LogP contribution is 2.29. The quantitative estimate of drug-likeness (QED) is 0.702. The van der Waals surface area contributed by atoms with Crippen LogP contribution in [0.2, 0.25) is 20.1 Å². The molecule has 0 fully saturated rings.